The minimum atomic E-state index is -0.107. The molecule has 31 heavy (non-hydrogen) atoms. The second kappa shape index (κ2) is 10.3. The summed E-state index contributed by atoms with van der Waals surface area (Å²) in [5.74, 6) is -0.0931. The third-order valence-electron chi connectivity index (χ3n) is 5.59. The zero-order chi connectivity index (χ0) is 22.4. The van der Waals surface area contributed by atoms with Crippen molar-refractivity contribution in [2.24, 2.45) is 0 Å². The molecule has 3 aromatic rings. The maximum Gasteiger partial charge on any atom is 0.251 e. The van der Waals surface area contributed by atoms with Crippen LogP contribution < -0.4 is 10.6 Å². The number of methoxy groups -OCH3 is 1. The SMILES string of the molecule is CCCC(=O)Nc1ccc(CNC(=O)c2ccc3c(c2)c(C)c(C)n3CCOC)cc1. The highest BCUT2D eigenvalue weighted by molar-refractivity contribution is 5.99. The molecule has 3 rings (SSSR count). The van der Waals surface area contributed by atoms with Crippen LogP contribution in [-0.4, -0.2) is 30.1 Å². The van der Waals surface area contributed by atoms with Crippen molar-refractivity contribution < 1.29 is 14.3 Å². The zero-order valence-electron chi connectivity index (χ0n) is 18.7. The van der Waals surface area contributed by atoms with Crippen LogP contribution in [0.25, 0.3) is 10.9 Å². The number of fused-ring (bicyclic) bond motifs is 1. The van der Waals surface area contributed by atoms with E-state index in [9.17, 15) is 9.59 Å². The molecule has 0 aliphatic rings. The van der Waals surface area contributed by atoms with E-state index in [0.29, 0.717) is 25.1 Å². The van der Waals surface area contributed by atoms with E-state index in [1.165, 1.54) is 11.3 Å². The number of carbonyl (C=O) groups is 2. The molecule has 0 aliphatic heterocycles. The van der Waals surface area contributed by atoms with Crippen LogP contribution in [0.1, 0.15) is 46.9 Å². The monoisotopic (exact) mass is 421 g/mol. The van der Waals surface area contributed by atoms with Crippen molar-refractivity contribution in [2.45, 2.75) is 46.7 Å². The molecular formula is C25H31N3O3. The van der Waals surface area contributed by atoms with Crippen LogP contribution in [0.5, 0.6) is 0 Å². The minimum Gasteiger partial charge on any atom is -0.383 e. The number of ether oxygens (including phenoxy) is 1. The molecule has 0 bridgehead atoms. The number of aromatic nitrogens is 1. The van der Waals surface area contributed by atoms with Crippen molar-refractivity contribution in [1.82, 2.24) is 9.88 Å². The van der Waals surface area contributed by atoms with Crippen LogP contribution in [0.15, 0.2) is 42.5 Å². The highest BCUT2D eigenvalue weighted by atomic mass is 16.5. The van der Waals surface area contributed by atoms with Crippen LogP contribution in [0.2, 0.25) is 0 Å². The second-order valence-corrected chi connectivity index (χ2v) is 7.76. The smallest absolute Gasteiger partial charge is 0.251 e. The molecule has 2 amide bonds. The molecule has 0 radical (unpaired) electrons. The van der Waals surface area contributed by atoms with Gasteiger partial charge in [0.25, 0.3) is 5.91 Å². The lowest BCUT2D eigenvalue weighted by Gasteiger charge is -2.09. The van der Waals surface area contributed by atoms with Crippen LogP contribution in [0, 0.1) is 13.8 Å². The van der Waals surface area contributed by atoms with Gasteiger partial charge in [-0.2, -0.15) is 0 Å². The molecule has 0 aliphatic carbocycles. The largest absolute Gasteiger partial charge is 0.383 e. The van der Waals surface area contributed by atoms with Gasteiger partial charge in [-0.15, -0.1) is 0 Å². The fraction of sp³-hybridized carbons (Fsp3) is 0.360. The lowest BCUT2D eigenvalue weighted by Crippen LogP contribution is -2.22. The molecule has 2 N–H and O–H groups in total. The number of benzene rings is 2. The van der Waals surface area contributed by atoms with Gasteiger partial charge in [0.05, 0.1) is 6.61 Å². The second-order valence-electron chi connectivity index (χ2n) is 7.76. The van der Waals surface area contributed by atoms with Gasteiger partial charge < -0.3 is 19.9 Å². The highest BCUT2D eigenvalue weighted by Crippen LogP contribution is 2.26. The predicted molar refractivity (Wildman–Crippen MR) is 124 cm³/mol. The molecule has 0 atom stereocenters. The van der Waals surface area contributed by atoms with Gasteiger partial charge in [0.2, 0.25) is 5.91 Å². The van der Waals surface area contributed by atoms with E-state index in [0.717, 1.165) is 35.1 Å². The molecule has 1 aromatic heterocycles. The first kappa shape index (κ1) is 22.6. The Morgan fingerprint density at radius 2 is 1.81 bits per heavy atom. The molecule has 164 valence electrons. The van der Waals surface area contributed by atoms with E-state index in [4.69, 9.17) is 4.74 Å². The Bertz CT molecular complexity index is 1070. The van der Waals surface area contributed by atoms with Gasteiger partial charge in [-0.3, -0.25) is 9.59 Å². The number of amides is 2. The van der Waals surface area contributed by atoms with Crippen molar-refractivity contribution in [3.8, 4) is 0 Å². The predicted octanol–water partition coefficient (Wildman–Crippen LogP) is 4.57. The average molecular weight is 422 g/mol. The highest BCUT2D eigenvalue weighted by Gasteiger charge is 2.14. The van der Waals surface area contributed by atoms with Crippen LogP contribution >= 0.6 is 0 Å². The van der Waals surface area contributed by atoms with Gasteiger partial charge in [-0.05, 0) is 61.7 Å². The summed E-state index contributed by atoms with van der Waals surface area (Å²) in [4.78, 5) is 24.4. The van der Waals surface area contributed by atoms with Gasteiger partial charge >= 0.3 is 0 Å². The summed E-state index contributed by atoms with van der Waals surface area (Å²) in [6.07, 6.45) is 1.33. The van der Waals surface area contributed by atoms with Crippen molar-refractivity contribution in [3.63, 3.8) is 0 Å². The summed E-state index contributed by atoms with van der Waals surface area (Å²) < 4.78 is 7.46. The van der Waals surface area contributed by atoms with E-state index in [1.54, 1.807) is 7.11 Å². The van der Waals surface area contributed by atoms with E-state index in [1.807, 2.05) is 49.4 Å². The van der Waals surface area contributed by atoms with Gasteiger partial charge in [0, 0.05) is 54.5 Å². The van der Waals surface area contributed by atoms with E-state index >= 15 is 0 Å². The molecule has 2 aromatic carbocycles. The lowest BCUT2D eigenvalue weighted by atomic mass is 10.1. The first-order valence-corrected chi connectivity index (χ1v) is 10.7. The molecule has 0 fully saturated rings. The van der Waals surface area contributed by atoms with Crippen molar-refractivity contribution in [3.05, 3.63) is 64.8 Å². The van der Waals surface area contributed by atoms with E-state index in [2.05, 4.69) is 29.0 Å². The molecule has 0 saturated carbocycles. The number of carbonyl (C=O) groups excluding carboxylic acids is 2. The summed E-state index contributed by atoms with van der Waals surface area (Å²) in [5, 5.41) is 6.94. The Morgan fingerprint density at radius 1 is 1.06 bits per heavy atom. The normalized spacial score (nSPS) is 11.0. The summed E-state index contributed by atoms with van der Waals surface area (Å²) in [7, 11) is 1.70. The first-order chi connectivity index (χ1) is 14.9. The fourth-order valence-electron chi connectivity index (χ4n) is 3.70. The van der Waals surface area contributed by atoms with Gasteiger partial charge in [0.1, 0.15) is 0 Å². The van der Waals surface area contributed by atoms with Crippen molar-refractivity contribution >= 4 is 28.4 Å². The molecule has 0 unspecified atom stereocenters. The number of anilines is 1. The number of nitrogens with zero attached hydrogens (tertiary/aromatic N) is 1. The molecule has 0 spiro atoms. The Balaban J connectivity index is 1.66. The lowest BCUT2D eigenvalue weighted by molar-refractivity contribution is -0.116. The summed E-state index contributed by atoms with van der Waals surface area (Å²) >= 11 is 0. The van der Waals surface area contributed by atoms with Crippen molar-refractivity contribution in [1.29, 1.82) is 0 Å². The maximum atomic E-state index is 12.7. The van der Waals surface area contributed by atoms with E-state index < -0.39 is 0 Å². The number of hydrogen-bond acceptors (Lipinski definition) is 3. The Kier molecular flexibility index (Phi) is 7.47. The molecular weight excluding hydrogens is 390 g/mol. The number of nitrogens with one attached hydrogen (secondary N) is 2. The first-order valence-electron chi connectivity index (χ1n) is 10.7. The summed E-state index contributed by atoms with van der Waals surface area (Å²) in [6.45, 7) is 8.01. The van der Waals surface area contributed by atoms with Gasteiger partial charge in [-0.25, -0.2) is 0 Å². The Morgan fingerprint density at radius 3 is 2.48 bits per heavy atom. The maximum absolute atomic E-state index is 12.7. The summed E-state index contributed by atoms with van der Waals surface area (Å²) in [6, 6.07) is 13.4. The van der Waals surface area contributed by atoms with Crippen LogP contribution in [0.4, 0.5) is 5.69 Å². The topological polar surface area (TPSA) is 72.4 Å². The van der Waals surface area contributed by atoms with Crippen molar-refractivity contribution in [2.75, 3.05) is 19.0 Å². The van der Waals surface area contributed by atoms with Crippen LogP contribution in [-0.2, 0) is 22.6 Å². The quantitative estimate of drug-likeness (QED) is 0.531. The Labute approximate surface area is 183 Å². The summed E-state index contributed by atoms with van der Waals surface area (Å²) in [5.41, 5.74) is 5.87. The van der Waals surface area contributed by atoms with Gasteiger partial charge in [-0.1, -0.05) is 19.1 Å². The molecule has 0 saturated heterocycles. The third kappa shape index (κ3) is 5.33. The van der Waals surface area contributed by atoms with Crippen LogP contribution in [0.3, 0.4) is 0 Å². The van der Waals surface area contributed by atoms with Gasteiger partial charge in [0.15, 0.2) is 0 Å². The standard InChI is InChI=1S/C25H31N3O3/c1-5-6-24(29)27-21-10-7-19(8-11-21)16-26-25(30)20-9-12-23-22(15-20)17(2)18(3)28(23)13-14-31-4/h7-12,15H,5-6,13-14,16H2,1-4H3,(H,26,30)(H,27,29). The Hall–Kier alpha value is -3.12. The number of rotatable bonds is 9. The number of hydrogen-bond donors (Lipinski definition) is 2. The number of aryl methyl sites for hydroxylation is 1. The molecule has 6 heteroatoms. The zero-order valence-corrected chi connectivity index (χ0v) is 18.7. The third-order valence-corrected chi connectivity index (χ3v) is 5.59. The average Bonchev–Trinajstić information content (AvgIpc) is 3.01. The van der Waals surface area contributed by atoms with E-state index in [-0.39, 0.29) is 11.8 Å². The minimum absolute atomic E-state index is 0.0144. The molecule has 6 nitrogen and oxygen atoms in total. The molecule has 1 heterocycles. The fourth-order valence-corrected chi connectivity index (χ4v) is 3.70.